The van der Waals surface area contributed by atoms with Crippen LogP contribution in [0.4, 0.5) is 15.2 Å². The van der Waals surface area contributed by atoms with E-state index in [1.54, 1.807) is 6.07 Å². The number of para-hydroxylation sites is 1. The van der Waals surface area contributed by atoms with Gasteiger partial charge in [-0.25, -0.2) is 9.37 Å². The third kappa shape index (κ3) is 3.77. The predicted octanol–water partition coefficient (Wildman–Crippen LogP) is 2.59. The largest absolute Gasteiger partial charge is 0.366 e. The van der Waals surface area contributed by atoms with Crippen LogP contribution in [0.15, 0.2) is 29.6 Å². The lowest BCUT2D eigenvalue weighted by Crippen LogP contribution is -2.47. The van der Waals surface area contributed by atoms with E-state index >= 15 is 0 Å². The molecule has 0 atom stereocenters. The van der Waals surface area contributed by atoms with Crippen LogP contribution in [0, 0.1) is 5.82 Å². The summed E-state index contributed by atoms with van der Waals surface area (Å²) in [5.74, 6) is -0.706. The van der Waals surface area contributed by atoms with Crippen LogP contribution in [0.2, 0.25) is 0 Å². The number of anilines is 2. The van der Waals surface area contributed by atoms with Gasteiger partial charge in [0.1, 0.15) is 11.5 Å². The number of piperazine rings is 1. The minimum absolute atomic E-state index is 0.0321. The third-order valence-electron chi connectivity index (χ3n) is 6.08. The van der Waals surface area contributed by atoms with Crippen molar-refractivity contribution >= 4 is 28.1 Å². The molecule has 1 spiro atoms. The van der Waals surface area contributed by atoms with Gasteiger partial charge in [-0.15, -0.1) is 11.3 Å². The Bertz CT molecular complexity index is 899. The number of ether oxygens (including phenoxy) is 2. The first-order chi connectivity index (χ1) is 14.6. The Hall–Kier alpha value is -2.23. The molecule has 160 valence electrons. The summed E-state index contributed by atoms with van der Waals surface area (Å²) in [7, 11) is 0. The van der Waals surface area contributed by atoms with E-state index in [1.165, 1.54) is 17.4 Å². The highest BCUT2D eigenvalue weighted by Crippen LogP contribution is 2.32. The molecule has 1 aromatic heterocycles. The number of amides is 1. The topological polar surface area (TPSA) is 58.1 Å². The lowest BCUT2D eigenvalue weighted by molar-refractivity contribution is -0.181. The first-order valence-corrected chi connectivity index (χ1v) is 11.3. The van der Waals surface area contributed by atoms with Crippen molar-refractivity contribution in [3.8, 4) is 0 Å². The maximum absolute atomic E-state index is 14.0. The second-order valence-corrected chi connectivity index (χ2v) is 8.68. The number of aromatic nitrogens is 1. The van der Waals surface area contributed by atoms with Gasteiger partial charge in [-0.2, -0.15) is 0 Å². The predicted molar refractivity (Wildman–Crippen MR) is 113 cm³/mol. The Balaban J connectivity index is 1.18. The molecule has 1 aromatic carbocycles. The van der Waals surface area contributed by atoms with Gasteiger partial charge in [0.25, 0.3) is 5.91 Å². The number of piperidine rings is 1. The summed E-state index contributed by atoms with van der Waals surface area (Å²) in [6, 6.07) is 6.87. The van der Waals surface area contributed by atoms with E-state index in [0.29, 0.717) is 50.5 Å². The minimum Gasteiger partial charge on any atom is -0.366 e. The number of likely N-dealkylation sites (tertiary alicyclic amines) is 1. The fourth-order valence-electron chi connectivity index (χ4n) is 4.35. The summed E-state index contributed by atoms with van der Waals surface area (Å²) in [4.78, 5) is 23.6. The maximum atomic E-state index is 14.0. The zero-order valence-corrected chi connectivity index (χ0v) is 17.6. The molecule has 3 aliphatic rings. The molecule has 0 saturated carbocycles. The maximum Gasteiger partial charge on any atom is 0.273 e. The molecule has 3 saturated heterocycles. The molecule has 3 fully saturated rings. The molecule has 0 radical (unpaired) electrons. The monoisotopic (exact) mass is 432 g/mol. The zero-order chi connectivity index (χ0) is 20.6. The molecule has 1 amide bonds. The van der Waals surface area contributed by atoms with Crippen molar-refractivity contribution in [2.24, 2.45) is 0 Å². The number of halogens is 1. The van der Waals surface area contributed by atoms with Crippen molar-refractivity contribution in [1.29, 1.82) is 0 Å². The molecule has 7 nitrogen and oxygen atoms in total. The van der Waals surface area contributed by atoms with Gasteiger partial charge in [0.2, 0.25) is 0 Å². The molecular weight excluding hydrogens is 407 g/mol. The fraction of sp³-hybridized carbons (Fsp3) is 0.524. The van der Waals surface area contributed by atoms with Crippen LogP contribution in [-0.2, 0) is 9.47 Å². The zero-order valence-electron chi connectivity index (χ0n) is 16.8. The van der Waals surface area contributed by atoms with Gasteiger partial charge in [-0.3, -0.25) is 4.79 Å². The Labute approximate surface area is 179 Å². The fourth-order valence-corrected chi connectivity index (χ4v) is 5.21. The van der Waals surface area contributed by atoms with Crippen molar-refractivity contribution in [2.75, 3.05) is 62.3 Å². The highest BCUT2D eigenvalue weighted by Gasteiger charge is 2.41. The van der Waals surface area contributed by atoms with Crippen LogP contribution >= 0.6 is 11.3 Å². The number of hydrogen-bond donors (Lipinski definition) is 0. The highest BCUT2D eigenvalue weighted by molar-refractivity contribution is 7.13. The molecule has 5 rings (SSSR count). The molecular formula is C21H25FN4O3S. The number of thiazole rings is 1. The number of hydrogen-bond acceptors (Lipinski definition) is 7. The Morgan fingerprint density at radius 2 is 1.67 bits per heavy atom. The third-order valence-corrected chi connectivity index (χ3v) is 6.98. The van der Waals surface area contributed by atoms with Crippen LogP contribution in [-0.4, -0.2) is 74.1 Å². The van der Waals surface area contributed by atoms with Crippen LogP contribution in [0.5, 0.6) is 0 Å². The average molecular weight is 433 g/mol. The van der Waals surface area contributed by atoms with Crippen LogP contribution in [0.25, 0.3) is 0 Å². The van der Waals surface area contributed by atoms with E-state index in [4.69, 9.17) is 9.47 Å². The summed E-state index contributed by atoms with van der Waals surface area (Å²) in [5.41, 5.74) is 1.14. The van der Waals surface area contributed by atoms with Gasteiger partial charge in [0.05, 0.1) is 18.9 Å². The average Bonchev–Trinajstić information content (AvgIpc) is 3.45. The normalized spacial score (nSPS) is 21.4. The molecule has 0 N–H and O–H groups in total. The smallest absolute Gasteiger partial charge is 0.273 e. The first-order valence-electron chi connectivity index (χ1n) is 10.4. The summed E-state index contributed by atoms with van der Waals surface area (Å²) < 4.78 is 25.5. The summed E-state index contributed by atoms with van der Waals surface area (Å²) >= 11 is 1.49. The quantitative estimate of drug-likeness (QED) is 0.743. The van der Waals surface area contributed by atoms with E-state index in [2.05, 4.69) is 14.8 Å². The van der Waals surface area contributed by atoms with Crippen molar-refractivity contribution in [3.63, 3.8) is 0 Å². The van der Waals surface area contributed by atoms with Crippen molar-refractivity contribution in [3.05, 3.63) is 41.2 Å². The molecule has 0 bridgehead atoms. The second kappa shape index (κ2) is 8.13. The SMILES string of the molecule is O=C(c1csc(N2CCN(c3ccccc3F)CC2)n1)N1CCC2(CC1)OCCO2. The number of carbonyl (C=O) groups excluding carboxylic acids is 1. The molecule has 0 aliphatic carbocycles. The van der Waals surface area contributed by atoms with Crippen molar-refractivity contribution < 1.29 is 18.7 Å². The van der Waals surface area contributed by atoms with Gasteiger partial charge >= 0.3 is 0 Å². The Morgan fingerprint density at radius 1 is 1.00 bits per heavy atom. The minimum atomic E-state index is -0.484. The standard InChI is InChI=1S/C21H25FN4O3S/c22-16-3-1-2-4-18(16)24-9-11-26(12-10-24)20-23-17(15-30-20)19(27)25-7-5-21(6-8-25)28-13-14-29-21/h1-4,15H,5-14H2. The summed E-state index contributed by atoms with van der Waals surface area (Å²) in [6.07, 6.45) is 1.40. The molecule has 30 heavy (non-hydrogen) atoms. The van der Waals surface area contributed by atoms with Crippen molar-refractivity contribution in [2.45, 2.75) is 18.6 Å². The Kier molecular flexibility index (Phi) is 5.34. The molecule has 9 heteroatoms. The number of nitrogens with zero attached hydrogens (tertiary/aromatic N) is 4. The van der Waals surface area contributed by atoms with Crippen LogP contribution < -0.4 is 9.80 Å². The van der Waals surface area contributed by atoms with Crippen LogP contribution in [0.1, 0.15) is 23.3 Å². The van der Waals surface area contributed by atoms with E-state index in [1.807, 2.05) is 22.4 Å². The lowest BCUT2D eigenvalue weighted by Gasteiger charge is -2.37. The summed E-state index contributed by atoms with van der Waals surface area (Å²) in [6.45, 7) is 5.43. The van der Waals surface area contributed by atoms with Gasteiger partial charge in [-0.05, 0) is 12.1 Å². The van der Waals surface area contributed by atoms with E-state index in [0.717, 1.165) is 31.3 Å². The van der Waals surface area contributed by atoms with E-state index in [-0.39, 0.29) is 11.7 Å². The second-order valence-electron chi connectivity index (χ2n) is 7.84. The summed E-state index contributed by atoms with van der Waals surface area (Å²) in [5, 5.41) is 2.69. The molecule has 0 unspecified atom stereocenters. The highest BCUT2D eigenvalue weighted by atomic mass is 32.1. The van der Waals surface area contributed by atoms with Crippen molar-refractivity contribution in [1.82, 2.24) is 9.88 Å². The lowest BCUT2D eigenvalue weighted by atomic mass is 10.0. The van der Waals surface area contributed by atoms with Crippen LogP contribution in [0.3, 0.4) is 0 Å². The molecule has 4 heterocycles. The first kappa shape index (κ1) is 19.7. The molecule has 2 aromatic rings. The number of rotatable bonds is 3. The van der Waals surface area contributed by atoms with E-state index in [9.17, 15) is 9.18 Å². The van der Waals surface area contributed by atoms with E-state index < -0.39 is 5.79 Å². The number of carbonyl (C=O) groups is 1. The van der Waals surface area contributed by atoms with Gasteiger partial charge in [0.15, 0.2) is 10.9 Å². The Morgan fingerprint density at radius 3 is 2.37 bits per heavy atom. The van der Waals surface area contributed by atoms with Gasteiger partial charge in [-0.1, -0.05) is 12.1 Å². The van der Waals surface area contributed by atoms with Gasteiger partial charge in [0, 0.05) is 57.5 Å². The number of benzene rings is 1. The molecule has 3 aliphatic heterocycles. The van der Waals surface area contributed by atoms with Gasteiger partial charge < -0.3 is 24.2 Å².